The van der Waals surface area contributed by atoms with Crippen LogP contribution in [0.4, 0.5) is 9.18 Å². The molecule has 0 spiro atoms. The second-order valence-corrected chi connectivity index (χ2v) is 3.49. The molecule has 13 heavy (non-hydrogen) atoms. The molecule has 0 saturated heterocycles. The molecule has 0 aliphatic rings. The first-order valence-electron chi connectivity index (χ1n) is 4.85. The highest BCUT2D eigenvalue weighted by Gasteiger charge is 2.18. The third kappa shape index (κ3) is 6.33. The van der Waals surface area contributed by atoms with Gasteiger partial charge in [-0.05, 0) is 20.8 Å². The van der Waals surface area contributed by atoms with Gasteiger partial charge < -0.3 is 15.2 Å². The number of hydrogen-bond acceptors (Lipinski definition) is 3. The molecule has 0 aromatic rings. The number of halogens is 1. The summed E-state index contributed by atoms with van der Waals surface area (Å²) in [4.78, 5) is 11.1. The predicted octanol–water partition coefficient (Wildman–Crippen LogP) is 0.841. The van der Waals surface area contributed by atoms with Crippen LogP contribution >= 0.6 is 0 Å². The van der Waals surface area contributed by atoms with Crippen molar-refractivity contribution in [1.29, 1.82) is 0 Å². The second-order valence-electron chi connectivity index (χ2n) is 3.49. The summed E-state index contributed by atoms with van der Waals surface area (Å²) in [5.74, 6) is 0. The molecule has 1 amide bonds. The Bertz CT molecular complexity index is 225. The number of nitrogens with one attached hydrogen (secondary N) is 1. The fraction of sp³-hybridized carbons (Fsp3) is 0.875. The van der Waals surface area contributed by atoms with Crippen LogP contribution in [0.15, 0.2) is 0 Å². The van der Waals surface area contributed by atoms with Crippen LogP contribution in [-0.2, 0) is 4.74 Å². The van der Waals surface area contributed by atoms with E-state index in [2.05, 4.69) is 0 Å². The zero-order valence-electron chi connectivity index (χ0n) is 9.93. The Kier molecular flexibility index (Phi) is 3.37. The second kappa shape index (κ2) is 5.01. The summed E-state index contributed by atoms with van der Waals surface area (Å²) in [6.45, 7) is 0.814. The summed E-state index contributed by atoms with van der Waals surface area (Å²) in [5, 5.41) is 10.6. The molecule has 2 N–H and O–H groups in total. The Morgan fingerprint density at radius 1 is 1.77 bits per heavy atom. The molecule has 0 bridgehead atoms. The zero-order valence-corrected chi connectivity index (χ0v) is 7.93. The lowest BCUT2D eigenvalue weighted by Crippen LogP contribution is -2.42. The van der Waals surface area contributed by atoms with E-state index in [0.717, 1.165) is 0 Å². The highest BCUT2D eigenvalue weighted by molar-refractivity contribution is 5.68. The van der Waals surface area contributed by atoms with Crippen LogP contribution in [0.5, 0.6) is 0 Å². The fourth-order valence-electron chi connectivity index (χ4n) is 0.557. The Labute approximate surface area is 79.9 Å². The molecular weight excluding hydrogens is 177 g/mol. The van der Waals surface area contributed by atoms with E-state index in [1.165, 1.54) is 0 Å². The molecule has 1 atom stereocenters. The van der Waals surface area contributed by atoms with Crippen molar-refractivity contribution in [2.45, 2.75) is 32.4 Å². The lowest BCUT2D eigenvalue weighted by Gasteiger charge is -2.21. The van der Waals surface area contributed by atoms with E-state index in [1.807, 2.05) is 5.32 Å². The van der Waals surface area contributed by atoms with Gasteiger partial charge in [0.2, 0.25) is 0 Å². The number of ether oxygens (including phenoxy) is 1. The van der Waals surface area contributed by atoms with Crippen molar-refractivity contribution >= 4 is 6.09 Å². The first-order chi connectivity index (χ1) is 6.56. The number of carbonyl (C=O) groups is 1. The van der Waals surface area contributed by atoms with Crippen molar-refractivity contribution in [3.63, 3.8) is 0 Å². The number of alkyl halides is 1. The molecule has 4 nitrogen and oxygen atoms in total. The van der Waals surface area contributed by atoms with Gasteiger partial charge in [-0.15, -0.1) is 0 Å². The van der Waals surface area contributed by atoms with Gasteiger partial charge in [-0.2, -0.15) is 0 Å². The van der Waals surface area contributed by atoms with E-state index in [9.17, 15) is 9.18 Å². The lowest BCUT2D eigenvalue weighted by atomic mass is 10.2. The van der Waals surface area contributed by atoms with Gasteiger partial charge in [0.15, 0.2) is 0 Å². The van der Waals surface area contributed by atoms with E-state index in [-0.39, 0.29) is 0 Å². The maximum atomic E-state index is 12.8. The van der Waals surface area contributed by atoms with Crippen LogP contribution in [0.25, 0.3) is 0 Å². The van der Waals surface area contributed by atoms with Crippen LogP contribution in [0.2, 0.25) is 0 Å². The first kappa shape index (κ1) is 8.74. The van der Waals surface area contributed by atoms with Crippen molar-refractivity contribution in [3.8, 4) is 0 Å². The van der Waals surface area contributed by atoms with Gasteiger partial charge >= 0.3 is 6.09 Å². The predicted molar refractivity (Wildman–Crippen MR) is 46.2 cm³/mol. The van der Waals surface area contributed by atoms with Crippen molar-refractivity contribution < 1.29 is 21.8 Å². The highest BCUT2D eigenvalue weighted by Crippen LogP contribution is 2.06. The third-order valence-corrected chi connectivity index (χ3v) is 1.01. The molecule has 0 saturated carbocycles. The highest BCUT2D eigenvalue weighted by atomic mass is 19.1. The zero-order chi connectivity index (χ0) is 12.3. The molecule has 0 unspecified atom stereocenters. The molecule has 78 valence electrons. The molecule has 0 radical (unpaired) electrons. The summed E-state index contributed by atoms with van der Waals surface area (Å²) >= 11 is 0. The largest absolute Gasteiger partial charge is 0.444 e. The van der Waals surface area contributed by atoms with Gasteiger partial charge in [-0.25, -0.2) is 9.18 Å². The van der Waals surface area contributed by atoms with Crippen molar-refractivity contribution in [2.75, 3.05) is 13.2 Å². The summed E-state index contributed by atoms with van der Waals surface area (Å²) < 4.78 is 30.9. The molecule has 0 aliphatic heterocycles. The quantitative estimate of drug-likeness (QED) is 0.701. The maximum Gasteiger partial charge on any atom is 0.408 e. The Hall–Kier alpha value is -0.840. The molecule has 0 rings (SSSR count). The first-order valence-corrected chi connectivity index (χ1v) is 3.85. The summed E-state index contributed by atoms with van der Waals surface area (Å²) in [5.41, 5.74) is -0.757. The summed E-state index contributed by atoms with van der Waals surface area (Å²) in [7, 11) is 0. The van der Waals surface area contributed by atoms with Crippen molar-refractivity contribution in [1.82, 2.24) is 5.32 Å². The molecule has 5 heteroatoms. The van der Waals surface area contributed by atoms with Gasteiger partial charge in [0, 0.05) is 0 Å². The monoisotopic (exact) mass is 195 g/mol. The van der Waals surface area contributed by atoms with Gasteiger partial charge in [0.25, 0.3) is 0 Å². The average molecular weight is 195 g/mol. The number of alkyl carbamates (subject to hydrolysis) is 1. The molecule has 0 aliphatic carbocycles. The van der Waals surface area contributed by atoms with Gasteiger partial charge in [-0.3, -0.25) is 0 Å². The number of amides is 1. The van der Waals surface area contributed by atoms with Crippen LogP contribution in [0.3, 0.4) is 0 Å². The lowest BCUT2D eigenvalue weighted by molar-refractivity contribution is 0.0471. The fourth-order valence-corrected chi connectivity index (χ4v) is 0.557. The number of carbonyl (C=O) groups excluding carboxylic acids is 1. The molecule has 0 fully saturated rings. The molecule has 0 aromatic heterocycles. The normalized spacial score (nSPS) is 17.0. The summed E-state index contributed by atoms with van der Waals surface area (Å²) in [6.07, 6.45) is -0.969. The minimum absolute atomic E-state index is 0.757. The standard InChI is InChI=1S/C8H16FNO3/c1-8(2,3)13-7(12)10-6(4-9)5-11/h6,11H,4-5H2,1-3H3,(H,10,12)/t6-/m0/s1/i4D2. The van der Waals surface area contributed by atoms with E-state index in [0.29, 0.717) is 0 Å². The van der Waals surface area contributed by atoms with Crippen LogP contribution in [0.1, 0.15) is 23.5 Å². The van der Waals surface area contributed by atoms with Gasteiger partial charge in [-0.1, -0.05) is 0 Å². The Morgan fingerprint density at radius 2 is 2.31 bits per heavy atom. The number of aliphatic hydroxyl groups excluding tert-OH is 1. The molecule has 0 aromatic carbocycles. The molecular formula is C8H16FNO3. The summed E-state index contributed by atoms with van der Waals surface area (Å²) in [6, 6.07) is -1.63. The smallest absolute Gasteiger partial charge is 0.408 e. The van der Waals surface area contributed by atoms with Gasteiger partial charge in [0.1, 0.15) is 12.2 Å². The van der Waals surface area contributed by atoms with Crippen LogP contribution < -0.4 is 5.32 Å². The minimum Gasteiger partial charge on any atom is -0.444 e. The van der Waals surface area contributed by atoms with E-state index >= 15 is 0 Å². The Balaban J connectivity index is 4.27. The number of rotatable bonds is 3. The van der Waals surface area contributed by atoms with E-state index in [4.69, 9.17) is 12.6 Å². The SMILES string of the molecule is [2H]C([2H])(F)[C@@H](CO)NC(=O)OC(C)(C)C. The average Bonchev–Trinajstić information content (AvgIpc) is 1.94. The van der Waals surface area contributed by atoms with E-state index < -0.39 is 31.0 Å². The molecule has 0 heterocycles. The van der Waals surface area contributed by atoms with Crippen molar-refractivity contribution in [2.24, 2.45) is 0 Å². The minimum atomic E-state index is -3.19. The van der Waals surface area contributed by atoms with Gasteiger partial charge in [0.05, 0.1) is 15.4 Å². The third-order valence-electron chi connectivity index (χ3n) is 1.01. The topological polar surface area (TPSA) is 58.6 Å². The van der Waals surface area contributed by atoms with Crippen LogP contribution in [-0.4, -0.2) is 36.1 Å². The maximum absolute atomic E-state index is 12.8. The number of hydrogen-bond donors (Lipinski definition) is 2. The number of aliphatic hydroxyl groups is 1. The van der Waals surface area contributed by atoms with Crippen LogP contribution in [0, 0.1) is 0 Å². The van der Waals surface area contributed by atoms with E-state index in [1.54, 1.807) is 20.8 Å². The van der Waals surface area contributed by atoms with Crippen molar-refractivity contribution in [3.05, 3.63) is 0 Å². The Morgan fingerprint density at radius 3 is 2.62 bits per heavy atom.